The molecule has 0 radical (unpaired) electrons. The van der Waals surface area contributed by atoms with Crippen LogP contribution in [0.4, 0.5) is 0 Å². The molecule has 1 saturated heterocycles. The Morgan fingerprint density at radius 3 is 1.13 bits per heavy atom. The van der Waals surface area contributed by atoms with E-state index in [1.165, 1.54) is 45.1 Å². The lowest BCUT2D eigenvalue weighted by Gasteiger charge is -2.33. The lowest BCUT2D eigenvalue weighted by Crippen LogP contribution is -2.42. The summed E-state index contributed by atoms with van der Waals surface area (Å²) in [4.78, 5) is 140. The number of rotatable bonds is 38. The van der Waals surface area contributed by atoms with Crippen molar-refractivity contribution in [3.8, 4) is 0 Å². The van der Waals surface area contributed by atoms with Gasteiger partial charge >= 0.3 is 5.97 Å². The average molecular weight is 1260 g/mol. The maximum atomic E-state index is 12.1. The van der Waals surface area contributed by atoms with Crippen molar-refractivity contribution in [2.45, 2.75) is 212 Å². The molecule has 7 rings (SSSR count). The number of carbonyl (C=O) groups excluding carboxylic acids is 11. The van der Waals surface area contributed by atoms with Gasteiger partial charge in [-0.2, -0.15) is 0 Å². The zero-order chi connectivity index (χ0) is 65.0. The largest absolute Gasteiger partial charge is 0.356 e. The molecule has 0 bridgehead atoms. The summed E-state index contributed by atoms with van der Waals surface area (Å²) in [5.41, 5.74) is 11.4. The lowest BCUT2D eigenvalue weighted by molar-refractivity contribution is -0.198. The van der Waals surface area contributed by atoms with E-state index in [0.29, 0.717) is 47.7 Å². The summed E-state index contributed by atoms with van der Waals surface area (Å²) in [6.45, 7) is 14.1. The fourth-order valence-corrected chi connectivity index (χ4v) is 12.9. The van der Waals surface area contributed by atoms with Crippen LogP contribution < -0.4 is 43.4 Å². The van der Waals surface area contributed by atoms with E-state index in [1.54, 1.807) is 13.8 Å². The molecule has 4 fully saturated rings. The molecule has 1 atom stereocenters. The van der Waals surface area contributed by atoms with Gasteiger partial charge in [0.15, 0.2) is 0 Å². The molecule has 10 N–H and O–H groups in total. The Balaban J connectivity index is 0.000000246. The first kappa shape index (κ1) is 74.7. The first-order chi connectivity index (χ1) is 43.5. The fourth-order valence-electron chi connectivity index (χ4n) is 12.9. The van der Waals surface area contributed by atoms with Crippen LogP contribution >= 0.6 is 0 Å². The quantitative estimate of drug-likeness (QED) is 0.0320. The van der Waals surface area contributed by atoms with Crippen molar-refractivity contribution in [2.24, 2.45) is 35.1 Å². The maximum absolute atomic E-state index is 12.1. The Hall–Kier alpha value is -6.05. The zero-order valence-electron chi connectivity index (χ0n) is 54.1. The molecule has 4 heterocycles. The van der Waals surface area contributed by atoms with E-state index in [-0.39, 0.29) is 78.2 Å². The smallest absolute Gasteiger partial charge is 0.333 e. The topological polar surface area (TPSA) is 334 Å². The molecule has 3 aliphatic carbocycles. The summed E-state index contributed by atoms with van der Waals surface area (Å²) in [7, 11) is 0. The van der Waals surface area contributed by atoms with E-state index in [2.05, 4.69) is 31.9 Å². The SMILES string of the molecule is CC1=CC(=O)N(C2CCC(CCCC(=O)NCCCNCCCNCCCN)CC2)C1=O.CC1CC(=O)N(OC(=O)CCCC2CCC(N3C(=O)C=CC3=O)CC2)C1=O.NCCCNCCCNCCCNC(=O)CCCC1CCC(N2C(=O)C=CC2=O)CC1. The average Bonchev–Trinajstić information content (AvgIpc) is 3.61. The van der Waals surface area contributed by atoms with E-state index in [1.807, 2.05) is 0 Å². The van der Waals surface area contributed by atoms with Crippen LogP contribution in [0.1, 0.15) is 194 Å². The monoisotopic (exact) mass is 1260 g/mol. The van der Waals surface area contributed by atoms with Gasteiger partial charge in [-0.05, 0) is 244 Å². The van der Waals surface area contributed by atoms with E-state index < -0.39 is 23.7 Å². The van der Waals surface area contributed by atoms with Crippen molar-refractivity contribution in [1.29, 1.82) is 0 Å². The van der Waals surface area contributed by atoms with E-state index in [0.717, 1.165) is 226 Å². The highest BCUT2D eigenvalue weighted by Crippen LogP contribution is 2.35. The zero-order valence-corrected chi connectivity index (χ0v) is 54.1. The standard InChI is InChI=1S/C24H43N5O3.C23H41N5O3.C19H24N2O6/c1-19-18-23(31)29(24(19)32)21-10-8-20(9-11-21)6-2-7-22(30)28-17-5-16-27-15-4-14-26-13-3-12-25;24-13-2-14-25-15-3-16-26-17-4-18-27-21(29)6-1-5-19-7-9-20(10-8-19)28-22(30)11-12-23(28)31;1-12-11-17(24)21(19(12)26)27-18(25)4-2-3-13-5-7-14(8-6-13)20-15(22)9-10-16(20)23/h18,20-21,26-27H,2-17,25H2,1H3,(H,28,30);11-12,19-20,25-26H,1-10,13-18,24H2,(H,27,29);9-10,12-14H,2-8,11H2,1H3. The number of imide groups is 4. The highest BCUT2D eigenvalue weighted by atomic mass is 16.7. The summed E-state index contributed by atoms with van der Waals surface area (Å²) in [6.07, 6.45) is 30.7. The molecule has 24 heteroatoms. The minimum Gasteiger partial charge on any atom is -0.356 e. The molecular weight excluding hydrogens is 1150 g/mol. The molecule has 0 aromatic rings. The van der Waals surface area contributed by atoms with Crippen LogP contribution in [0, 0.1) is 23.7 Å². The highest BCUT2D eigenvalue weighted by molar-refractivity contribution is 6.16. The molecule has 7 aliphatic rings. The third-order valence-corrected chi connectivity index (χ3v) is 18.1. The van der Waals surface area contributed by atoms with Gasteiger partial charge in [0.1, 0.15) is 0 Å². The molecule has 10 amide bonds. The van der Waals surface area contributed by atoms with Crippen molar-refractivity contribution in [2.75, 3.05) is 78.5 Å². The Kier molecular flexibility index (Phi) is 35.0. The van der Waals surface area contributed by atoms with Crippen LogP contribution in [0.15, 0.2) is 36.0 Å². The van der Waals surface area contributed by atoms with Gasteiger partial charge in [-0.15, -0.1) is 5.06 Å². The maximum Gasteiger partial charge on any atom is 0.333 e. The van der Waals surface area contributed by atoms with Crippen molar-refractivity contribution < 1.29 is 57.6 Å². The molecule has 0 aromatic carbocycles. The number of hydrogen-bond donors (Lipinski definition) is 8. The molecule has 3 saturated carbocycles. The molecule has 1 unspecified atom stereocenters. The van der Waals surface area contributed by atoms with Crippen LogP contribution in [-0.2, 0) is 57.6 Å². The van der Waals surface area contributed by atoms with Gasteiger partial charge in [0, 0.05) is 98.8 Å². The Morgan fingerprint density at radius 2 is 0.800 bits per heavy atom. The summed E-state index contributed by atoms with van der Waals surface area (Å²) in [5, 5.41) is 20.1. The molecule has 4 aliphatic heterocycles. The number of nitrogens with zero attached hydrogens (tertiary/aromatic N) is 4. The first-order valence-corrected chi connectivity index (χ1v) is 34.0. The number of hydrogen-bond acceptors (Lipinski definition) is 18. The molecule has 24 nitrogen and oxygen atoms in total. The van der Waals surface area contributed by atoms with Crippen molar-refractivity contribution >= 4 is 65.0 Å². The predicted molar refractivity (Wildman–Crippen MR) is 341 cm³/mol. The number of amides is 10. The van der Waals surface area contributed by atoms with Crippen LogP contribution in [0.5, 0.6) is 0 Å². The van der Waals surface area contributed by atoms with E-state index >= 15 is 0 Å². The minimum atomic E-state index is -0.571. The normalized spacial score (nSPS) is 23.3. The van der Waals surface area contributed by atoms with Gasteiger partial charge < -0.3 is 48.2 Å². The summed E-state index contributed by atoms with van der Waals surface area (Å²) in [5.74, 6) is -1.13. The van der Waals surface area contributed by atoms with Crippen LogP contribution in [0.3, 0.4) is 0 Å². The molecule has 0 spiro atoms. The Morgan fingerprint density at radius 1 is 0.456 bits per heavy atom. The van der Waals surface area contributed by atoms with Gasteiger partial charge in [-0.25, -0.2) is 4.79 Å². The summed E-state index contributed by atoms with van der Waals surface area (Å²) >= 11 is 0. The van der Waals surface area contributed by atoms with Crippen LogP contribution in [0.2, 0.25) is 0 Å². The van der Waals surface area contributed by atoms with Crippen molar-refractivity contribution in [1.82, 2.24) is 51.7 Å². The Labute approximate surface area is 533 Å². The van der Waals surface area contributed by atoms with E-state index in [9.17, 15) is 52.7 Å². The molecule has 504 valence electrons. The van der Waals surface area contributed by atoms with Crippen molar-refractivity contribution in [3.05, 3.63) is 36.0 Å². The van der Waals surface area contributed by atoms with Gasteiger partial charge in [0.25, 0.3) is 47.3 Å². The summed E-state index contributed by atoms with van der Waals surface area (Å²) in [6, 6.07) is 0.0651. The third kappa shape index (κ3) is 26.7. The second kappa shape index (κ2) is 42.2. The van der Waals surface area contributed by atoms with Gasteiger partial charge in [0.05, 0.1) is 0 Å². The van der Waals surface area contributed by atoms with Gasteiger partial charge in [-0.3, -0.25) is 62.6 Å². The first-order valence-electron chi connectivity index (χ1n) is 34.0. The van der Waals surface area contributed by atoms with Crippen LogP contribution in [-0.4, -0.2) is 181 Å². The number of nitrogens with two attached hydrogens (primary N) is 2. The predicted octanol–water partition coefficient (Wildman–Crippen LogP) is 4.01. The molecular formula is C66H108N12O12. The number of hydroxylamine groups is 2. The van der Waals surface area contributed by atoms with Gasteiger partial charge in [-0.1, -0.05) is 6.92 Å². The van der Waals surface area contributed by atoms with Gasteiger partial charge in [0.2, 0.25) is 11.8 Å². The fraction of sp³-hybridized carbons (Fsp3) is 0.742. The molecule has 90 heavy (non-hydrogen) atoms. The minimum absolute atomic E-state index is 0.0320. The van der Waals surface area contributed by atoms with Crippen molar-refractivity contribution in [3.63, 3.8) is 0 Å². The van der Waals surface area contributed by atoms with Crippen LogP contribution in [0.25, 0.3) is 0 Å². The lowest BCUT2D eigenvalue weighted by atomic mass is 9.82. The number of nitrogens with one attached hydrogen (secondary N) is 6. The van der Waals surface area contributed by atoms with E-state index in [4.69, 9.17) is 16.3 Å². The second-order valence-electron chi connectivity index (χ2n) is 25.3. The highest BCUT2D eigenvalue weighted by Gasteiger charge is 2.40. The molecule has 0 aromatic heterocycles. The Bertz CT molecular complexity index is 2390. The number of carbonyl (C=O) groups is 11. The third-order valence-electron chi connectivity index (χ3n) is 18.1. The summed E-state index contributed by atoms with van der Waals surface area (Å²) < 4.78 is 0. The second-order valence-corrected chi connectivity index (χ2v) is 25.3.